The smallest absolute Gasteiger partial charge is 0.346 e. The molecule has 0 aliphatic carbocycles. The Morgan fingerprint density at radius 2 is 1.76 bits per heavy atom. The van der Waals surface area contributed by atoms with Crippen LogP contribution >= 0.6 is 11.8 Å². The highest BCUT2D eigenvalue weighted by molar-refractivity contribution is 8.14. The number of hydrogen-bond donors (Lipinski definition) is 2. The number of anilines is 1. The van der Waals surface area contributed by atoms with Crippen molar-refractivity contribution >= 4 is 40.4 Å². The summed E-state index contributed by atoms with van der Waals surface area (Å²) >= 11 is 0.849. The fourth-order valence-corrected chi connectivity index (χ4v) is 2.64. The zero-order chi connectivity index (χ0) is 18.6. The molecule has 1 aromatic rings. The highest BCUT2D eigenvalue weighted by atomic mass is 32.2. The number of imide groups is 1. The average molecular weight is 375 g/mol. The predicted molar refractivity (Wildman–Crippen MR) is 82.7 cm³/mol. The zero-order valence-corrected chi connectivity index (χ0v) is 13.4. The van der Waals surface area contributed by atoms with Gasteiger partial charge < -0.3 is 10.6 Å². The first-order valence-corrected chi connectivity index (χ1v) is 7.90. The molecule has 2 N–H and O–H groups in total. The molecule has 4 amide bonds. The number of nitrogens with one attached hydrogen (secondary N) is 2. The van der Waals surface area contributed by atoms with Gasteiger partial charge in [0.15, 0.2) is 0 Å². The maximum atomic E-state index is 12.4. The van der Waals surface area contributed by atoms with Crippen molar-refractivity contribution in [1.29, 1.82) is 0 Å². The van der Waals surface area contributed by atoms with Crippen LogP contribution in [-0.4, -0.2) is 46.7 Å². The van der Waals surface area contributed by atoms with Crippen molar-refractivity contribution < 1.29 is 32.3 Å². The fourth-order valence-electron chi connectivity index (χ4n) is 1.89. The van der Waals surface area contributed by atoms with Crippen molar-refractivity contribution in [2.24, 2.45) is 0 Å². The molecule has 1 aromatic carbocycles. The minimum atomic E-state index is -4.50. The molecular formula is C14H12F3N3O4S. The van der Waals surface area contributed by atoms with Crippen molar-refractivity contribution in [3.05, 3.63) is 29.8 Å². The summed E-state index contributed by atoms with van der Waals surface area (Å²) in [7, 11) is 0. The molecule has 7 nitrogen and oxygen atoms in total. The van der Waals surface area contributed by atoms with Crippen molar-refractivity contribution in [1.82, 2.24) is 10.2 Å². The van der Waals surface area contributed by atoms with Gasteiger partial charge in [0.1, 0.15) is 0 Å². The molecule has 0 bridgehead atoms. The number of halogens is 3. The highest BCUT2D eigenvalue weighted by Crippen LogP contribution is 2.29. The second-order valence-electron chi connectivity index (χ2n) is 4.89. The Kier molecular flexibility index (Phi) is 5.67. The molecule has 134 valence electrons. The first kappa shape index (κ1) is 18.8. The molecule has 0 atom stereocenters. The number of carbonyl (C=O) groups excluding carboxylic acids is 4. The molecule has 0 radical (unpaired) electrons. The third-order valence-electron chi connectivity index (χ3n) is 3.14. The van der Waals surface area contributed by atoms with Gasteiger partial charge >= 0.3 is 18.0 Å². The number of benzene rings is 1. The van der Waals surface area contributed by atoms with E-state index >= 15 is 0 Å². The molecule has 0 spiro atoms. The summed E-state index contributed by atoms with van der Waals surface area (Å²) in [5.41, 5.74) is -0.859. The lowest BCUT2D eigenvalue weighted by Gasteiger charge is -2.13. The Balaban J connectivity index is 1.81. The summed E-state index contributed by atoms with van der Waals surface area (Å²) < 4.78 is 37.3. The minimum Gasteiger partial charge on any atom is -0.346 e. The van der Waals surface area contributed by atoms with E-state index in [-0.39, 0.29) is 30.4 Å². The van der Waals surface area contributed by atoms with Gasteiger partial charge in [0.2, 0.25) is 5.91 Å². The topological polar surface area (TPSA) is 95.6 Å². The maximum Gasteiger partial charge on any atom is 0.416 e. The Labute approximate surface area is 143 Å². The Hall–Kier alpha value is -2.56. The van der Waals surface area contributed by atoms with Gasteiger partial charge in [0.05, 0.1) is 11.3 Å². The second kappa shape index (κ2) is 7.55. The summed E-state index contributed by atoms with van der Waals surface area (Å²) in [5, 5.41) is 3.94. The molecule has 25 heavy (non-hydrogen) atoms. The largest absolute Gasteiger partial charge is 0.416 e. The number of hydrogen-bond acceptors (Lipinski definition) is 5. The van der Waals surface area contributed by atoms with Gasteiger partial charge in [-0.2, -0.15) is 13.2 Å². The Morgan fingerprint density at radius 1 is 1.12 bits per heavy atom. The van der Waals surface area contributed by atoms with Gasteiger partial charge in [0.25, 0.3) is 5.24 Å². The first-order valence-electron chi connectivity index (χ1n) is 6.92. The van der Waals surface area contributed by atoms with Crippen LogP contribution in [0.4, 0.5) is 23.7 Å². The number of carbonyl (C=O) groups is 4. The van der Waals surface area contributed by atoms with Crippen LogP contribution in [-0.2, 0) is 20.6 Å². The van der Waals surface area contributed by atoms with E-state index in [4.69, 9.17) is 0 Å². The summed E-state index contributed by atoms with van der Waals surface area (Å²) in [6.45, 7) is -0.179. The summed E-state index contributed by atoms with van der Waals surface area (Å²) in [5.74, 6) is -2.44. The van der Waals surface area contributed by atoms with E-state index in [2.05, 4.69) is 10.6 Å². The van der Waals surface area contributed by atoms with Gasteiger partial charge in [-0.25, -0.2) is 0 Å². The van der Waals surface area contributed by atoms with Crippen molar-refractivity contribution in [2.45, 2.75) is 6.18 Å². The van der Waals surface area contributed by atoms with Crippen LogP contribution < -0.4 is 10.6 Å². The van der Waals surface area contributed by atoms with E-state index in [0.717, 1.165) is 40.9 Å². The van der Waals surface area contributed by atoms with Gasteiger partial charge in [0, 0.05) is 18.8 Å². The molecule has 1 aliphatic rings. The Morgan fingerprint density at radius 3 is 2.28 bits per heavy atom. The van der Waals surface area contributed by atoms with Gasteiger partial charge in [-0.05, 0) is 24.3 Å². The Bertz CT molecular complexity index is 690. The van der Waals surface area contributed by atoms with Crippen molar-refractivity contribution in [2.75, 3.05) is 24.2 Å². The summed E-state index contributed by atoms with van der Waals surface area (Å²) in [4.78, 5) is 46.9. The number of alkyl halides is 3. The third-order valence-corrected chi connectivity index (χ3v) is 4.00. The SMILES string of the molecule is O=C(NCCN1C(=O)CSC1=O)C(=O)Nc1ccc(C(F)(F)F)cc1. The lowest BCUT2D eigenvalue weighted by Crippen LogP contribution is -2.41. The molecule has 0 unspecified atom stereocenters. The highest BCUT2D eigenvalue weighted by Gasteiger charge is 2.30. The summed E-state index contributed by atoms with van der Waals surface area (Å²) in [6, 6.07) is 3.59. The molecule has 1 heterocycles. The monoisotopic (exact) mass is 375 g/mol. The van der Waals surface area contributed by atoms with Crippen LogP contribution in [0.2, 0.25) is 0 Å². The van der Waals surface area contributed by atoms with Gasteiger partial charge in [-0.15, -0.1) is 0 Å². The zero-order valence-electron chi connectivity index (χ0n) is 12.6. The molecular weight excluding hydrogens is 363 g/mol. The second-order valence-corrected chi connectivity index (χ2v) is 5.81. The predicted octanol–water partition coefficient (Wildman–Crippen LogP) is 1.46. The number of rotatable bonds is 4. The van der Waals surface area contributed by atoms with Crippen LogP contribution in [0.15, 0.2) is 24.3 Å². The van der Waals surface area contributed by atoms with Crippen LogP contribution in [0.1, 0.15) is 5.56 Å². The lowest BCUT2D eigenvalue weighted by atomic mass is 10.2. The quantitative estimate of drug-likeness (QED) is 0.777. The van der Waals surface area contributed by atoms with Gasteiger partial charge in [-0.3, -0.25) is 24.1 Å². The van der Waals surface area contributed by atoms with Gasteiger partial charge in [-0.1, -0.05) is 11.8 Å². The van der Waals surface area contributed by atoms with Crippen molar-refractivity contribution in [3.63, 3.8) is 0 Å². The molecule has 1 aliphatic heterocycles. The number of amides is 4. The maximum absolute atomic E-state index is 12.4. The fraction of sp³-hybridized carbons (Fsp3) is 0.286. The molecule has 0 aromatic heterocycles. The molecule has 0 saturated carbocycles. The molecule has 11 heteroatoms. The van der Waals surface area contributed by atoms with E-state index in [0.29, 0.717) is 0 Å². The normalized spacial score (nSPS) is 14.6. The first-order chi connectivity index (χ1) is 11.7. The third kappa shape index (κ3) is 4.95. The molecule has 1 saturated heterocycles. The van der Waals surface area contributed by atoms with Crippen LogP contribution in [0, 0.1) is 0 Å². The van der Waals surface area contributed by atoms with E-state index in [1.54, 1.807) is 0 Å². The standard InChI is InChI=1S/C14H12F3N3O4S/c15-14(16,17)8-1-3-9(4-2-8)19-12(23)11(22)18-5-6-20-10(21)7-25-13(20)24/h1-4H,5-7H2,(H,18,22)(H,19,23). The van der Waals surface area contributed by atoms with E-state index in [9.17, 15) is 32.3 Å². The lowest BCUT2D eigenvalue weighted by molar-refractivity contribution is -0.137. The van der Waals surface area contributed by atoms with E-state index in [1.807, 2.05) is 0 Å². The van der Waals surface area contributed by atoms with Crippen molar-refractivity contribution in [3.8, 4) is 0 Å². The number of thioether (sulfide) groups is 1. The molecule has 1 fully saturated rings. The average Bonchev–Trinajstić information content (AvgIpc) is 2.86. The van der Waals surface area contributed by atoms with E-state index in [1.165, 1.54) is 0 Å². The number of nitrogens with zero attached hydrogens (tertiary/aromatic N) is 1. The minimum absolute atomic E-state index is 0.0226. The summed E-state index contributed by atoms with van der Waals surface area (Å²) in [6.07, 6.45) is -4.50. The molecule has 2 rings (SSSR count). The van der Waals surface area contributed by atoms with Crippen LogP contribution in [0.5, 0.6) is 0 Å². The van der Waals surface area contributed by atoms with E-state index < -0.39 is 28.8 Å². The van der Waals surface area contributed by atoms with Crippen LogP contribution in [0.25, 0.3) is 0 Å². The van der Waals surface area contributed by atoms with Crippen LogP contribution in [0.3, 0.4) is 0 Å².